The number of hydrogen-bond acceptors (Lipinski definition) is 8. The maximum Gasteiger partial charge on any atom is 0.401 e. The van der Waals surface area contributed by atoms with Gasteiger partial charge in [-0.1, -0.05) is 31.3 Å². The van der Waals surface area contributed by atoms with Crippen LogP contribution < -0.4 is 10.1 Å². The highest BCUT2D eigenvalue weighted by atomic mass is 32.1. The van der Waals surface area contributed by atoms with Crippen LogP contribution in [0.25, 0.3) is 10.6 Å². The minimum absolute atomic E-state index is 0.151. The monoisotopic (exact) mass is 546 g/mol. The lowest BCUT2D eigenvalue weighted by Crippen LogP contribution is -2.39. The highest BCUT2D eigenvalue weighted by Crippen LogP contribution is 2.37. The molecule has 0 amide bonds. The fourth-order valence-electron chi connectivity index (χ4n) is 5.13. The summed E-state index contributed by atoms with van der Waals surface area (Å²) in [7, 11) is 0. The first-order valence-corrected chi connectivity index (χ1v) is 13.9. The van der Waals surface area contributed by atoms with E-state index in [1.807, 2.05) is 18.2 Å². The molecular weight excluding hydrogens is 513 g/mol. The van der Waals surface area contributed by atoms with Gasteiger partial charge in [-0.3, -0.25) is 4.90 Å². The third-order valence-corrected chi connectivity index (χ3v) is 8.37. The number of halogens is 3. The van der Waals surface area contributed by atoms with E-state index in [1.165, 1.54) is 16.2 Å². The van der Waals surface area contributed by atoms with Crippen LogP contribution in [0.1, 0.15) is 63.9 Å². The first kappa shape index (κ1) is 26.8. The molecular formula is C27H33F3N6OS. The summed E-state index contributed by atoms with van der Waals surface area (Å²) >= 11 is 1.47. The Hall–Kier alpha value is -2.79. The van der Waals surface area contributed by atoms with Crippen molar-refractivity contribution in [1.29, 1.82) is 0 Å². The molecule has 38 heavy (non-hydrogen) atoms. The molecule has 2 fully saturated rings. The smallest absolute Gasteiger partial charge is 0.401 e. The van der Waals surface area contributed by atoms with Crippen LogP contribution in [0, 0.1) is 5.41 Å². The maximum atomic E-state index is 12.6. The summed E-state index contributed by atoms with van der Waals surface area (Å²) in [6.45, 7) is 4.66. The molecule has 1 aliphatic heterocycles. The number of rotatable bonds is 7. The van der Waals surface area contributed by atoms with Crippen LogP contribution in [0.5, 0.6) is 6.01 Å². The zero-order valence-corrected chi connectivity index (χ0v) is 22.5. The zero-order valence-electron chi connectivity index (χ0n) is 21.7. The summed E-state index contributed by atoms with van der Waals surface area (Å²) in [4.78, 5) is 20.3. The van der Waals surface area contributed by atoms with Crippen molar-refractivity contribution in [3.8, 4) is 16.6 Å². The largest absolute Gasteiger partial charge is 0.460 e. The molecule has 0 radical (unpaired) electrons. The second-order valence-corrected chi connectivity index (χ2v) is 12.0. The highest BCUT2D eigenvalue weighted by Gasteiger charge is 2.33. The molecule has 5 rings (SSSR count). The second-order valence-electron chi connectivity index (χ2n) is 11.0. The molecule has 2 aliphatic rings. The normalized spacial score (nSPS) is 19.4. The van der Waals surface area contributed by atoms with Crippen molar-refractivity contribution in [2.45, 2.75) is 70.6 Å². The lowest BCUT2D eigenvalue weighted by molar-refractivity contribution is -0.147. The Morgan fingerprint density at radius 3 is 2.47 bits per heavy atom. The number of pyridine rings is 1. The van der Waals surface area contributed by atoms with Gasteiger partial charge in [-0.25, -0.2) is 15.0 Å². The van der Waals surface area contributed by atoms with E-state index in [0.29, 0.717) is 48.3 Å². The summed E-state index contributed by atoms with van der Waals surface area (Å²) in [6, 6.07) is 6.13. The van der Waals surface area contributed by atoms with Crippen molar-refractivity contribution < 1.29 is 17.9 Å². The highest BCUT2D eigenvalue weighted by molar-refractivity contribution is 7.18. The Bertz CT molecular complexity index is 1200. The van der Waals surface area contributed by atoms with Crippen LogP contribution in [0.15, 0.2) is 36.8 Å². The SMILES string of the molecule is CC1(C)CCC(Oc2nccc(-c3cnc(Nc4ccc(C5CCN(CC(F)(F)F)CC5)cn4)s3)n2)CC1. The van der Waals surface area contributed by atoms with Gasteiger partial charge in [0, 0.05) is 18.6 Å². The van der Waals surface area contributed by atoms with Crippen molar-refractivity contribution in [1.82, 2.24) is 24.8 Å². The molecule has 1 saturated heterocycles. The van der Waals surface area contributed by atoms with Gasteiger partial charge < -0.3 is 10.1 Å². The average molecular weight is 547 g/mol. The van der Waals surface area contributed by atoms with Gasteiger partial charge in [0.05, 0.1) is 17.1 Å². The van der Waals surface area contributed by atoms with Crippen LogP contribution in [-0.2, 0) is 0 Å². The Labute approximate surface area is 224 Å². The number of nitrogens with one attached hydrogen (secondary N) is 1. The van der Waals surface area contributed by atoms with Crippen molar-refractivity contribution in [3.63, 3.8) is 0 Å². The molecule has 204 valence electrons. The Kier molecular flexibility index (Phi) is 7.85. The summed E-state index contributed by atoms with van der Waals surface area (Å²) in [6.07, 6.45) is 6.99. The van der Waals surface area contributed by atoms with E-state index in [2.05, 4.69) is 39.1 Å². The summed E-state index contributed by atoms with van der Waals surface area (Å²) < 4.78 is 44.0. The quantitative estimate of drug-likeness (QED) is 0.348. The number of hydrogen-bond donors (Lipinski definition) is 1. The molecule has 0 unspecified atom stereocenters. The maximum absolute atomic E-state index is 12.6. The van der Waals surface area contributed by atoms with E-state index >= 15 is 0 Å². The average Bonchev–Trinajstić information content (AvgIpc) is 3.34. The van der Waals surface area contributed by atoms with Crippen LogP contribution in [0.2, 0.25) is 0 Å². The minimum Gasteiger partial charge on any atom is -0.460 e. The molecule has 1 N–H and O–H groups in total. The third-order valence-electron chi connectivity index (χ3n) is 7.43. The minimum atomic E-state index is -4.15. The number of ether oxygens (including phenoxy) is 1. The van der Waals surface area contributed by atoms with Crippen molar-refractivity contribution >= 4 is 22.3 Å². The summed E-state index contributed by atoms with van der Waals surface area (Å²) in [5.74, 6) is 0.887. The van der Waals surface area contributed by atoms with Crippen LogP contribution in [-0.4, -0.2) is 56.8 Å². The van der Waals surface area contributed by atoms with E-state index in [9.17, 15) is 13.2 Å². The number of aromatic nitrogens is 4. The van der Waals surface area contributed by atoms with Gasteiger partial charge in [0.1, 0.15) is 11.9 Å². The summed E-state index contributed by atoms with van der Waals surface area (Å²) in [5, 5.41) is 3.92. The van der Waals surface area contributed by atoms with Crippen molar-refractivity contribution in [3.05, 3.63) is 42.4 Å². The van der Waals surface area contributed by atoms with E-state index < -0.39 is 12.7 Å². The van der Waals surface area contributed by atoms with E-state index in [4.69, 9.17) is 4.74 Å². The van der Waals surface area contributed by atoms with Gasteiger partial charge in [0.15, 0.2) is 5.13 Å². The van der Waals surface area contributed by atoms with E-state index in [0.717, 1.165) is 41.8 Å². The Balaban J connectivity index is 1.15. The molecule has 3 aromatic rings. The molecule has 4 heterocycles. The molecule has 1 saturated carbocycles. The lowest BCUT2D eigenvalue weighted by Gasteiger charge is -2.33. The topological polar surface area (TPSA) is 76.1 Å². The zero-order chi connectivity index (χ0) is 26.8. The van der Waals surface area contributed by atoms with Crippen molar-refractivity contribution in [2.75, 3.05) is 25.0 Å². The van der Waals surface area contributed by atoms with Gasteiger partial charge in [0.25, 0.3) is 0 Å². The van der Waals surface area contributed by atoms with Crippen molar-refractivity contribution in [2.24, 2.45) is 5.41 Å². The first-order chi connectivity index (χ1) is 18.1. The molecule has 0 bridgehead atoms. The molecule has 0 aromatic carbocycles. The van der Waals surface area contributed by atoms with Crippen LogP contribution >= 0.6 is 11.3 Å². The molecule has 3 aromatic heterocycles. The van der Waals surface area contributed by atoms with E-state index in [-0.39, 0.29) is 12.0 Å². The number of nitrogens with zero attached hydrogens (tertiary/aromatic N) is 5. The number of anilines is 2. The van der Waals surface area contributed by atoms with Crippen LogP contribution in [0.3, 0.4) is 0 Å². The molecule has 11 heteroatoms. The second kappa shape index (κ2) is 11.1. The number of thiazole rings is 1. The number of piperidine rings is 1. The first-order valence-electron chi connectivity index (χ1n) is 13.1. The third kappa shape index (κ3) is 7.19. The van der Waals surface area contributed by atoms with Gasteiger partial charge >= 0.3 is 12.2 Å². The predicted molar refractivity (Wildman–Crippen MR) is 142 cm³/mol. The van der Waals surface area contributed by atoms with Gasteiger partial charge in [0.2, 0.25) is 0 Å². The molecule has 0 atom stereocenters. The Morgan fingerprint density at radius 2 is 1.79 bits per heavy atom. The van der Waals surface area contributed by atoms with Crippen LogP contribution in [0.4, 0.5) is 24.1 Å². The van der Waals surface area contributed by atoms with Gasteiger partial charge in [-0.15, -0.1) is 0 Å². The lowest BCUT2D eigenvalue weighted by atomic mass is 9.76. The van der Waals surface area contributed by atoms with Gasteiger partial charge in [-0.05, 0) is 80.6 Å². The number of likely N-dealkylation sites (tertiary alicyclic amines) is 1. The van der Waals surface area contributed by atoms with Gasteiger partial charge in [-0.2, -0.15) is 18.2 Å². The predicted octanol–water partition coefficient (Wildman–Crippen LogP) is 6.83. The molecule has 7 nitrogen and oxygen atoms in total. The van der Waals surface area contributed by atoms with E-state index in [1.54, 1.807) is 18.6 Å². The molecule has 1 aliphatic carbocycles. The standard InChI is InChI=1S/C27H33F3N6OS/c1-26(2)10-5-20(6-11-26)37-24-31-12-7-21(34-24)22-16-33-25(38-22)35-23-4-3-19(15-32-23)18-8-13-36(14-9-18)17-27(28,29)30/h3-4,7,12,15-16,18,20H,5-6,8-11,13-14,17H2,1-2H3,(H,32,33,35). The Morgan fingerprint density at radius 1 is 1.03 bits per heavy atom. The summed E-state index contributed by atoms with van der Waals surface area (Å²) in [5.41, 5.74) is 2.19. The molecule has 0 spiro atoms. The fraction of sp³-hybridized carbons (Fsp3) is 0.556. The number of alkyl halides is 3. The fourth-order valence-corrected chi connectivity index (χ4v) is 5.93.